The Balaban J connectivity index is 1.37. The van der Waals surface area contributed by atoms with Crippen molar-refractivity contribution >= 4 is 5.69 Å². The standard InChI is InChI=1S/C21H23N3/c1-3-7-18(8-4-1)15-19-11-13-23(14-12-19)21-16-22-24(17-21)20-9-5-2-6-10-20/h1-10,16-17,19H,11-15H2. The van der Waals surface area contributed by atoms with Gasteiger partial charge in [-0.05, 0) is 42.9 Å². The van der Waals surface area contributed by atoms with Crippen LogP contribution in [0.4, 0.5) is 5.69 Å². The van der Waals surface area contributed by atoms with Gasteiger partial charge in [0.15, 0.2) is 0 Å². The quantitative estimate of drug-likeness (QED) is 0.714. The van der Waals surface area contributed by atoms with Crippen molar-refractivity contribution < 1.29 is 0 Å². The van der Waals surface area contributed by atoms with E-state index in [1.165, 1.54) is 30.5 Å². The molecule has 1 aliphatic rings. The molecule has 0 spiro atoms. The molecule has 2 heterocycles. The van der Waals surface area contributed by atoms with Gasteiger partial charge in [0.2, 0.25) is 0 Å². The van der Waals surface area contributed by atoms with E-state index >= 15 is 0 Å². The summed E-state index contributed by atoms with van der Waals surface area (Å²) in [5.41, 5.74) is 3.81. The van der Waals surface area contributed by atoms with Gasteiger partial charge in [-0.1, -0.05) is 48.5 Å². The zero-order chi connectivity index (χ0) is 16.2. The molecule has 0 unspecified atom stereocenters. The number of piperidine rings is 1. The first kappa shape index (κ1) is 15.0. The van der Waals surface area contributed by atoms with E-state index in [0.29, 0.717) is 0 Å². The van der Waals surface area contributed by atoms with Crippen LogP contribution in [0.3, 0.4) is 0 Å². The molecule has 1 saturated heterocycles. The number of aromatic nitrogens is 2. The summed E-state index contributed by atoms with van der Waals surface area (Å²) >= 11 is 0. The van der Waals surface area contributed by atoms with Gasteiger partial charge in [-0.2, -0.15) is 5.10 Å². The summed E-state index contributed by atoms with van der Waals surface area (Å²) < 4.78 is 1.96. The minimum Gasteiger partial charge on any atom is -0.369 e. The van der Waals surface area contributed by atoms with E-state index in [9.17, 15) is 0 Å². The predicted octanol–water partition coefficient (Wildman–Crippen LogP) is 4.33. The summed E-state index contributed by atoms with van der Waals surface area (Å²) in [6, 6.07) is 21.2. The average Bonchev–Trinajstić information content (AvgIpc) is 3.14. The van der Waals surface area contributed by atoms with Crippen molar-refractivity contribution in [3.05, 3.63) is 78.6 Å². The second kappa shape index (κ2) is 6.91. The van der Waals surface area contributed by atoms with Gasteiger partial charge in [-0.3, -0.25) is 0 Å². The number of hydrogen-bond donors (Lipinski definition) is 0. The van der Waals surface area contributed by atoms with Crippen LogP contribution in [0.5, 0.6) is 0 Å². The maximum Gasteiger partial charge on any atom is 0.0757 e. The van der Waals surface area contributed by atoms with Gasteiger partial charge in [-0.25, -0.2) is 4.68 Å². The van der Waals surface area contributed by atoms with E-state index in [1.54, 1.807) is 0 Å². The van der Waals surface area contributed by atoms with Crippen LogP contribution in [-0.4, -0.2) is 22.9 Å². The predicted molar refractivity (Wildman–Crippen MR) is 98.6 cm³/mol. The maximum atomic E-state index is 4.52. The third-order valence-electron chi connectivity index (χ3n) is 4.94. The Labute approximate surface area is 143 Å². The highest BCUT2D eigenvalue weighted by molar-refractivity contribution is 5.45. The van der Waals surface area contributed by atoms with Gasteiger partial charge in [0.25, 0.3) is 0 Å². The third-order valence-corrected chi connectivity index (χ3v) is 4.94. The second-order valence-corrected chi connectivity index (χ2v) is 6.60. The van der Waals surface area contributed by atoms with Crippen LogP contribution in [0.1, 0.15) is 18.4 Å². The highest BCUT2D eigenvalue weighted by Gasteiger charge is 2.20. The highest BCUT2D eigenvalue weighted by atomic mass is 15.3. The molecule has 1 fully saturated rings. The van der Waals surface area contributed by atoms with Crippen molar-refractivity contribution in [1.82, 2.24) is 9.78 Å². The molecule has 24 heavy (non-hydrogen) atoms. The van der Waals surface area contributed by atoms with Crippen molar-refractivity contribution in [3.8, 4) is 5.69 Å². The first-order valence-corrected chi connectivity index (χ1v) is 8.77. The highest BCUT2D eigenvalue weighted by Crippen LogP contribution is 2.26. The largest absolute Gasteiger partial charge is 0.369 e. The average molecular weight is 317 g/mol. The molecule has 3 aromatic rings. The SMILES string of the molecule is c1ccc(CC2CCN(c3cnn(-c4ccccc4)c3)CC2)cc1. The molecule has 0 radical (unpaired) electrons. The zero-order valence-electron chi connectivity index (χ0n) is 13.9. The lowest BCUT2D eigenvalue weighted by atomic mass is 9.90. The molecule has 0 saturated carbocycles. The van der Waals surface area contributed by atoms with Crippen LogP contribution in [-0.2, 0) is 6.42 Å². The molecular formula is C21H23N3. The number of rotatable bonds is 4. The first-order chi connectivity index (χ1) is 11.9. The maximum absolute atomic E-state index is 4.52. The third kappa shape index (κ3) is 3.35. The van der Waals surface area contributed by atoms with Gasteiger partial charge < -0.3 is 4.90 Å². The molecule has 0 aliphatic carbocycles. The van der Waals surface area contributed by atoms with E-state index in [1.807, 2.05) is 29.1 Å². The lowest BCUT2D eigenvalue weighted by molar-refractivity contribution is 0.404. The molecule has 3 nitrogen and oxygen atoms in total. The van der Waals surface area contributed by atoms with E-state index in [-0.39, 0.29) is 0 Å². The van der Waals surface area contributed by atoms with E-state index in [2.05, 4.69) is 58.7 Å². The van der Waals surface area contributed by atoms with Crippen molar-refractivity contribution in [2.45, 2.75) is 19.3 Å². The summed E-state index contributed by atoms with van der Waals surface area (Å²) in [5.74, 6) is 0.799. The molecule has 0 amide bonds. The molecule has 1 aliphatic heterocycles. The Morgan fingerprint density at radius 2 is 1.50 bits per heavy atom. The molecule has 0 bridgehead atoms. The molecule has 1 aromatic heterocycles. The molecule has 2 aromatic carbocycles. The Morgan fingerprint density at radius 3 is 2.21 bits per heavy atom. The summed E-state index contributed by atoms with van der Waals surface area (Å²) in [6.07, 6.45) is 7.85. The van der Waals surface area contributed by atoms with Crippen LogP contribution in [0.25, 0.3) is 5.69 Å². The van der Waals surface area contributed by atoms with E-state index in [4.69, 9.17) is 0 Å². The van der Waals surface area contributed by atoms with Crippen molar-refractivity contribution in [1.29, 1.82) is 0 Å². The van der Waals surface area contributed by atoms with Crippen LogP contribution < -0.4 is 4.90 Å². The lowest BCUT2D eigenvalue weighted by Gasteiger charge is -2.32. The smallest absolute Gasteiger partial charge is 0.0757 e. The van der Waals surface area contributed by atoms with Crippen molar-refractivity contribution in [3.63, 3.8) is 0 Å². The number of nitrogens with zero attached hydrogens (tertiary/aromatic N) is 3. The van der Waals surface area contributed by atoms with Crippen LogP contribution in [0.15, 0.2) is 73.1 Å². The fourth-order valence-corrected chi connectivity index (χ4v) is 3.54. The Bertz CT molecular complexity index is 756. The fourth-order valence-electron chi connectivity index (χ4n) is 3.54. The zero-order valence-corrected chi connectivity index (χ0v) is 13.9. The van der Waals surface area contributed by atoms with E-state index < -0.39 is 0 Å². The Morgan fingerprint density at radius 1 is 0.833 bits per heavy atom. The van der Waals surface area contributed by atoms with Crippen LogP contribution >= 0.6 is 0 Å². The normalized spacial score (nSPS) is 15.6. The van der Waals surface area contributed by atoms with Gasteiger partial charge >= 0.3 is 0 Å². The second-order valence-electron chi connectivity index (χ2n) is 6.60. The first-order valence-electron chi connectivity index (χ1n) is 8.77. The van der Waals surface area contributed by atoms with Crippen molar-refractivity contribution in [2.24, 2.45) is 5.92 Å². The summed E-state index contributed by atoms with van der Waals surface area (Å²) in [7, 11) is 0. The summed E-state index contributed by atoms with van der Waals surface area (Å²) in [4.78, 5) is 2.47. The van der Waals surface area contributed by atoms with Gasteiger partial charge in [0.1, 0.15) is 0 Å². The monoisotopic (exact) mass is 317 g/mol. The topological polar surface area (TPSA) is 21.1 Å². The number of para-hydroxylation sites is 1. The number of hydrogen-bond acceptors (Lipinski definition) is 2. The number of benzene rings is 2. The van der Waals surface area contributed by atoms with Gasteiger partial charge in [0, 0.05) is 13.1 Å². The lowest BCUT2D eigenvalue weighted by Crippen LogP contribution is -2.34. The molecule has 0 atom stereocenters. The molecule has 122 valence electrons. The number of anilines is 1. The Hall–Kier alpha value is -2.55. The van der Waals surface area contributed by atoms with Crippen molar-refractivity contribution in [2.75, 3.05) is 18.0 Å². The van der Waals surface area contributed by atoms with Gasteiger partial charge in [-0.15, -0.1) is 0 Å². The molecular weight excluding hydrogens is 294 g/mol. The fraction of sp³-hybridized carbons (Fsp3) is 0.286. The molecule has 0 N–H and O–H groups in total. The summed E-state index contributed by atoms with van der Waals surface area (Å²) in [5, 5.41) is 4.52. The molecule has 3 heteroatoms. The van der Waals surface area contributed by atoms with E-state index in [0.717, 1.165) is 24.7 Å². The Kier molecular flexibility index (Phi) is 4.32. The van der Waals surface area contributed by atoms with Crippen LogP contribution in [0, 0.1) is 5.92 Å². The summed E-state index contributed by atoms with van der Waals surface area (Å²) in [6.45, 7) is 2.25. The minimum absolute atomic E-state index is 0.799. The molecule has 4 rings (SSSR count). The minimum atomic E-state index is 0.799. The van der Waals surface area contributed by atoms with Gasteiger partial charge in [0.05, 0.1) is 23.8 Å². The van der Waals surface area contributed by atoms with Crippen LogP contribution in [0.2, 0.25) is 0 Å².